The lowest BCUT2D eigenvalue weighted by Crippen LogP contribution is -2.57. The highest BCUT2D eigenvalue weighted by Crippen LogP contribution is 2.15. The van der Waals surface area contributed by atoms with Crippen LogP contribution in [-0.2, 0) is 19.7 Å². The van der Waals surface area contributed by atoms with E-state index in [0.717, 1.165) is 0 Å². The molecule has 2 aliphatic heterocycles. The first kappa shape index (κ1) is 20.6. The van der Waals surface area contributed by atoms with Crippen LogP contribution in [0.5, 0.6) is 0 Å². The smallest absolute Gasteiger partial charge is 0.282 e. The lowest BCUT2D eigenvalue weighted by Gasteiger charge is -2.38. The number of hydrogen-bond donors (Lipinski definition) is 1. The first-order valence-corrected chi connectivity index (χ1v) is 9.11. The van der Waals surface area contributed by atoms with E-state index >= 15 is 0 Å². The van der Waals surface area contributed by atoms with Crippen molar-refractivity contribution in [2.24, 2.45) is 11.7 Å². The van der Waals surface area contributed by atoms with Crippen molar-refractivity contribution >= 4 is 28.5 Å². The van der Waals surface area contributed by atoms with Crippen LogP contribution in [0.2, 0.25) is 0 Å². The molecule has 2 heterocycles. The molecule has 0 aromatic carbocycles. The number of carbonyl (C=O) groups is 1. The van der Waals surface area contributed by atoms with Crippen molar-refractivity contribution in [3.63, 3.8) is 0 Å². The van der Waals surface area contributed by atoms with Crippen molar-refractivity contribution in [2.75, 3.05) is 52.5 Å². The van der Waals surface area contributed by atoms with Crippen LogP contribution in [0.1, 0.15) is 13.8 Å². The van der Waals surface area contributed by atoms with E-state index in [2.05, 4.69) is 0 Å². The SMILES string of the molecule is CC(N)C(C)C(=O)N1CCN(S(=O)(=O)N2CCOCC2)CC1.Cl. The van der Waals surface area contributed by atoms with Crippen molar-refractivity contribution in [3.8, 4) is 0 Å². The lowest BCUT2D eigenvalue weighted by molar-refractivity contribution is -0.136. The van der Waals surface area contributed by atoms with Crippen LogP contribution in [0.4, 0.5) is 0 Å². The molecule has 2 atom stereocenters. The van der Waals surface area contributed by atoms with Crippen LogP contribution >= 0.6 is 12.4 Å². The summed E-state index contributed by atoms with van der Waals surface area (Å²) >= 11 is 0. The van der Waals surface area contributed by atoms with Crippen molar-refractivity contribution < 1.29 is 17.9 Å². The predicted octanol–water partition coefficient (Wildman–Crippen LogP) is -0.887. The number of hydrogen-bond acceptors (Lipinski definition) is 5. The number of piperazine rings is 1. The summed E-state index contributed by atoms with van der Waals surface area (Å²) in [5, 5.41) is 0. The van der Waals surface area contributed by atoms with E-state index in [4.69, 9.17) is 10.5 Å². The molecule has 0 saturated carbocycles. The minimum atomic E-state index is -3.45. The maximum absolute atomic E-state index is 12.5. The van der Waals surface area contributed by atoms with E-state index in [-0.39, 0.29) is 30.3 Å². The molecule has 0 bridgehead atoms. The molecular weight excluding hydrogens is 344 g/mol. The van der Waals surface area contributed by atoms with Crippen LogP contribution in [0, 0.1) is 5.92 Å². The quantitative estimate of drug-likeness (QED) is 0.692. The highest BCUT2D eigenvalue weighted by molar-refractivity contribution is 7.86. The standard InChI is InChI=1S/C13H26N4O4S.ClH/c1-11(12(2)14)13(18)15-3-5-16(6-4-15)22(19,20)17-7-9-21-10-8-17;/h11-12H,3-10,14H2,1-2H3;1H. The van der Waals surface area contributed by atoms with Gasteiger partial charge in [-0.25, -0.2) is 0 Å². The number of carbonyl (C=O) groups excluding carboxylic acids is 1. The first-order valence-electron chi connectivity index (χ1n) is 7.71. The molecule has 8 nitrogen and oxygen atoms in total. The number of rotatable bonds is 4. The fraction of sp³-hybridized carbons (Fsp3) is 0.923. The average molecular weight is 371 g/mol. The Morgan fingerprint density at radius 2 is 1.48 bits per heavy atom. The second-order valence-electron chi connectivity index (χ2n) is 5.89. The Morgan fingerprint density at radius 3 is 1.96 bits per heavy atom. The summed E-state index contributed by atoms with van der Waals surface area (Å²) in [5.41, 5.74) is 5.77. The lowest BCUT2D eigenvalue weighted by atomic mass is 10.0. The topological polar surface area (TPSA) is 96.2 Å². The molecule has 2 aliphatic rings. The molecule has 0 aromatic rings. The largest absolute Gasteiger partial charge is 0.379 e. The van der Waals surface area contributed by atoms with Crippen molar-refractivity contribution in [1.82, 2.24) is 13.5 Å². The number of morpholine rings is 1. The van der Waals surface area contributed by atoms with Gasteiger partial charge in [-0.2, -0.15) is 17.0 Å². The van der Waals surface area contributed by atoms with Gasteiger partial charge in [0, 0.05) is 45.3 Å². The fourth-order valence-electron chi connectivity index (χ4n) is 2.59. The number of nitrogens with two attached hydrogens (primary N) is 1. The third kappa shape index (κ3) is 4.77. The van der Waals surface area contributed by atoms with Gasteiger partial charge in [0.15, 0.2) is 0 Å². The summed E-state index contributed by atoms with van der Waals surface area (Å²) in [7, 11) is -3.45. The van der Waals surface area contributed by atoms with E-state index in [0.29, 0.717) is 52.5 Å². The monoisotopic (exact) mass is 370 g/mol. The molecule has 2 unspecified atom stereocenters. The van der Waals surface area contributed by atoms with E-state index in [1.165, 1.54) is 8.61 Å². The molecule has 2 N–H and O–H groups in total. The van der Waals surface area contributed by atoms with Gasteiger partial charge in [0.1, 0.15) is 0 Å². The summed E-state index contributed by atoms with van der Waals surface area (Å²) in [6, 6.07) is -0.206. The summed E-state index contributed by atoms with van der Waals surface area (Å²) in [6.45, 7) is 6.76. The zero-order valence-electron chi connectivity index (χ0n) is 13.7. The molecule has 0 aromatic heterocycles. The molecule has 0 radical (unpaired) electrons. The minimum absolute atomic E-state index is 0. The maximum atomic E-state index is 12.5. The van der Waals surface area contributed by atoms with Gasteiger partial charge in [-0.3, -0.25) is 4.79 Å². The van der Waals surface area contributed by atoms with E-state index < -0.39 is 10.2 Å². The highest BCUT2D eigenvalue weighted by Gasteiger charge is 2.35. The van der Waals surface area contributed by atoms with E-state index in [9.17, 15) is 13.2 Å². The molecule has 136 valence electrons. The molecule has 2 saturated heterocycles. The molecule has 23 heavy (non-hydrogen) atoms. The summed E-state index contributed by atoms with van der Waals surface area (Å²) in [4.78, 5) is 14.0. The maximum Gasteiger partial charge on any atom is 0.282 e. The summed E-state index contributed by atoms with van der Waals surface area (Å²) < 4.78 is 33.2. The van der Waals surface area contributed by atoms with E-state index in [1.807, 2.05) is 13.8 Å². The van der Waals surface area contributed by atoms with Crippen LogP contribution in [0.15, 0.2) is 0 Å². The van der Waals surface area contributed by atoms with Gasteiger partial charge in [0.25, 0.3) is 10.2 Å². The second-order valence-corrected chi connectivity index (χ2v) is 7.82. The molecule has 0 spiro atoms. The van der Waals surface area contributed by atoms with Gasteiger partial charge in [-0.05, 0) is 6.92 Å². The van der Waals surface area contributed by atoms with Crippen LogP contribution in [0.25, 0.3) is 0 Å². The molecule has 2 fully saturated rings. The van der Waals surface area contributed by atoms with Gasteiger partial charge in [-0.1, -0.05) is 6.92 Å². The predicted molar refractivity (Wildman–Crippen MR) is 89.5 cm³/mol. The van der Waals surface area contributed by atoms with E-state index in [1.54, 1.807) is 4.90 Å². The molecular formula is C13H27ClN4O4S. The van der Waals surface area contributed by atoms with Gasteiger partial charge in [-0.15, -0.1) is 12.4 Å². The molecule has 0 aliphatic carbocycles. The van der Waals surface area contributed by atoms with Gasteiger partial charge in [0.05, 0.1) is 19.1 Å². The average Bonchev–Trinajstić information content (AvgIpc) is 2.54. The van der Waals surface area contributed by atoms with Gasteiger partial charge < -0.3 is 15.4 Å². The zero-order valence-corrected chi connectivity index (χ0v) is 15.3. The van der Waals surface area contributed by atoms with Gasteiger partial charge in [0.2, 0.25) is 5.91 Å². The Hall–Kier alpha value is -0.450. The summed E-state index contributed by atoms with van der Waals surface area (Å²) in [6.07, 6.45) is 0. The second kappa shape index (κ2) is 8.59. The highest BCUT2D eigenvalue weighted by atomic mass is 35.5. The van der Waals surface area contributed by atoms with Crippen LogP contribution < -0.4 is 5.73 Å². The third-order valence-electron chi connectivity index (χ3n) is 4.35. The molecule has 10 heteroatoms. The Morgan fingerprint density at radius 1 is 1.00 bits per heavy atom. The third-order valence-corrected chi connectivity index (χ3v) is 6.39. The number of halogens is 1. The molecule has 2 rings (SSSR count). The van der Waals surface area contributed by atoms with Crippen molar-refractivity contribution in [2.45, 2.75) is 19.9 Å². The fourth-order valence-corrected chi connectivity index (χ4v) is 4.15. The Balaban J connectivity index is 0.00000264. The Labute approximate surface area is 144 Å². The number of nitrogens with zero attached hydrogens (tertiary/aromatic N) is 3. The van der Waals surface area contributed by atoms with Crippen LogP contribution in [0.3, 0.4) is 0 Å². The van der Waals surface area contributed by atoms with Gasteiger partial charge >= 0.3 is 0 Å². The Kier molecular flexibility index (Phi) is 7.69. The Bertz CT molecular complexity index is 488. The molecule has 1 amide bonds. The summed E-state index contributed by atoms with van der Waals surface area (Å²) in [5.74, 6) is -0.249. The normalized spacial score (nSPS) is 23.9. The van der Waals surface area contributed by atoms with Crippen molar-refractivity contribution in [3.05, 3.63) is 0 Å². The first-order chi connectivity index (χ1) is 10.3. The zero-order chi connectivity index (χ0) is 16.3. The van der Waals surface area contributed by atoms with Crippen LogP contribution in [-0.4, -0.2) is 86.4 Å². The number of amides is 1. The minimum Gasteiger partial charge on any atom is -0.379 e. The van der Waals surface area contributed by atoms with Crippen molar-refractivity contribution in [1.29, 1.82) is 0 Å². The number of ether oxygens (including phenoxy) is 1.